The van der Waals surface area contributed by atoms with Crippen LogP contribution < -0.4 is 10.1 Å². The number of alkyl halides is 2. The van der Waals surface area contributed by atoms with Crippen LogP contribution in [0.2, 0.25) is 0 Å². The van der Waals surface area contributed by atoms with Crippen LogP contribution in [0.1, 0.15) is 67.7 Å². The number of carbonyl (C=O) groups is 1. The van der Waals surface area contributed by atoms with Crippen LogP contribution in [0.5, 0.6) is 5.75 Å². The van der Waals surface area contributed by atoms with Gasteiger partial charge in [-0.05, 0) is 56.2 Å². The number of anilines is 1. The molecule has 36 heavy (non-hydrogen) atoms. The summed E-state index contributed by atoms with van der Waals surface area (Å²) in [6, 6.07) is 9.31. The molecule has 1 aliphatic carbocycles. The fourth-order valence-electron chi connectivity index (χ4n) is 5.19. The summed E-state index contributed by atoms with van der Waals surface area (Å²) in [6.07, 6.45) is 2.50. The van der Waals surface area contributed by atoms with Crippen LogP contribution in [-0.2, 0) is 4.79 Å². The number of methoxy groups -OCH3 is 1. The Hall–Kier alpha value is -3.29. The smallest absolute Gasteiger partial charge is 0.266 e. The first-order valence-electron chi connectivity index (χ1n) is 12.5. The lowest BCUT2D eigenvalue weighted by molar-refractivity contribution is -0.133. The first-order valence-corrected chi connectivity index (χ1v) is 12.5. The third kappa shape index (κ3) is 4.73. The molecule has 1 amide bonds. The first-order chi connectivity index (χ1) is 17.4. The number of benzene rings is 2. The van der Waals surface area contributed by atoms with E-state index in [1.54, 1.807) is 26.3 Å². The number of aromatic nitrogens is 1. The number of hydrogen-bond acceptors (Lipinski definition) is 4. The van der Waals surface area contributed by atoms with Crippen molar-refractivity contribution in [3.63, 3.8) is 0 Å². The largest absolute Gasteiger partial charge is 0.496 e. The van der Waals surface area contributed by atoms with Crippen LogP contribution >= 0.6 is 0 Å². The van der Waals surface area contributed by atoms with Crippen molar-refractivity contribution in [3.05, 3.63) is 65.1 Å². The third-order valence-corrected chi connectivity index (χ3v) is 7.40. The van der Waals surface area contributed by atoms with Crippen molar-refractivity contribution in [1.29, 1.82) is 0 Å². The number of nitrogens with one attached hydrogen (secondary N) is 1. The molecule has 2 aliphatic rings. The standard InChI is InChI=1S/C28H30F3N3O2/c1-16(19-4-3-5-20(26(19)29)27(30)31)33-23-8-11-32-24-15-25(36-2)21(14-22(23)24)17-9-12-34(13-10-17)28(35)18-6-7-18/h3-5,8,11,14-18,27H,6-7,9-10,12-13H2,1-2H3,(H,32,33)/t16-/m1/s1. The Kier molecular flexibility index (Phi) is 6.77. The molecule has 1 saturated carbocycles. The van der Waals surface area contributed by atoms with Gasteiger partial charge in [0.15, 0.2) is 0 Å². The molecule has 190 valence electrons. The van der Waals surface area contributed by atoms with E-state index in [-0.39, 0.29) is 23.3 Å². The number of hydrogen-bond donors (Lipinski definition) is 1. The van der Waals surface area contributed by atoms with Gasteiger partial charge in [-0.25, -0.2) is 13.2 Å². The van der Waals surface area contributed by atoms with Crippen LogP contribution in [0.15, 0.2) is 42.6 Å². The Morgan fingerprint density at radius 1 is 1.11 bits per heavy atom. The topological polar surface area (TPSA) is 54.5 Å². The number of fused-ring (bicyclic) bond motifs is 1. The van der Waals surface area contributed by atoms with Crippen molar-refractivity contribution in [3.8, 4) is 5.75 Å². The Balaban J connectivity index is 1.42. The summed E-state index contributed by atoms with van der Waals surface area (Å²) in [6.45, 7) is 3.21. The normalized spacial score (nSPS) is 17.4. The fourth-order valence-corrected chi connectivity index (χ4v) is 5.19. The zero-order valence-electron chi connectivity index (χ0n) is 20.4. The quantitative estimate of drug-likeness (QED) is 0.399. The summed E-state index contributed by atoms with van der Waals surface area (Å²) in [5.74, 6) is 0.609. The molecule has 0 spiro atoms. The average Bonchev–Trinajstić information content (AvgIpc) is 3.73. The molecule has 0 unspecified atom stereocenters. The second kappa shape index (κ2) is 9.99. The summed E-state index contributed by atoms with van der Waals surface area (Å²) in [5, 5.41) is 4.15. The SMILES string of the molecule is COc1cc2nccc(N[C@H](C)c3cccc(C(F)F)c3F)c2cc1C1CCN(C(=O)C2CC2)CC1. The lowest BCUT2D eigenvalue weighted by Gasteiger charge is -2.33. The van der Waals surface area contributed by atoms with E-state index in [1.807, 2.05) is 11.0 Å². The summed E-state index contributed by atoms with van der Waals surface area (Å²) in [7, 11) is 1.64. The molecule has 2 heterocycles. The van der Waals surface area contributed by atoms with Gasteiger partial charge in [-0.1, -0.05) is 18.2 Å². The highest BCUT2D eigenvalue weighted by Crippen LogP contribution is 2.40. The summed E-state index contributed by atoms with van der Waals surface area (Å²) >= 11 is 0. The number of amides is 1. The second-order valence-electron chi connectivity index (χ2n) is 9.76. The molecule has 5 nitrogen and oxygen atoms in total. The highest BCUT2D eigenvalue weighted by atomic mass is 19.3. The minimum Gasteiger partial charge on any atom is -0.496 e. The van der Waals surface area contributed by atoms with Gasteiger partial charge in [0.2, 0.25) is 5.91 Å². The second-order valence-corrected chi connectivity index (χ2v) is 9.76. The summed E-state index contributed by atoms with van der Waals surface area (Å²) in [5.41, 5.74) is 2.09. The minimum atomic E-state index is -2.88. The van der Waals surface area contributed by atoms with E-state index in [1.165, 1.54) is 12.1 Å². The van der Waals surface area contributed by atoms with E-state index >= 15 is 0 Å². The number of carbonyl (C=O) groups excluding carboxylic acids is 1. The summed E-state index contributed by atoms with van der Waals surface area (Å²) in [4.78, 5) is 18.9. The van der Waals surface area contributed by atoms with E-state index in [2.05, 4.69) is 16.4 Å². The molecule has 1 N–H and O–H groups in total. The molecule has 2 aromatic carbocycles. The molecule has 1 saturated heterocycles. The van der Waals surface area contributed by atoms with E-state index in [0.717, 1.165) is 72.7 Å². The minimum absolute atomic E-state index is 0.180. The summed E-state index contributed by atoms with van der Waals surface area (Å²) < 4.78 is 46.9. The van der Waals surface area contributed by atoms with Crippen molar-refractivity contribution in [1.82, 2.24) is 9.88 Å². The first kappa shape index (κ1) is 24.4. The van der Waals surface area contributed by atoms with E-state index in [9.17, 15) is 18.0 Å². The van der Waals surface area contributed by atoms with Crippen molar-refractivity contribution >= 4 is 22.5 Å². The van der Waals surface area contributed by atoms with Crippen LogP contribution in [-0.4, -0.2) is 36.0 Å². The van der Waals surface area contributed by atoms with Gasteiger partial charge in [-0.2, -0.15) is 0 Å². The predicted octanol–water partition coefficient (Wildman–Crippen LogP) is 6.61. The Morgan fingerprint density at radius 3 is 2.50 bits per heavy atom. The predicted molar refractivity (Wildman–Crippen MR) is 133 cm³/mol. The highest BCUT2D eigenvalue weighted by molar-refractivity contribution is 5.93. The third-order valence-electron chi connectivity index (χ3n) is 7.40. The van der Waals surface area contributed by atoms with Crippen LogP contribution in [0.25, 0.3) is 10.9 Å². The van der Waals surface area contributed by atoms with Gasteiger partial charge in [-0.15, -0.1) is 0 Å². The van der Waals surface area contributed by atoms with Gasteiger partial charge < -0.3 is 15.0 Å². The van der Waals surface area contributed by atoms with E-state index in [0.29, 0.717) is 0 Å². The Labute approximate surface area is 208 Å². The van der Waals surface area contributed by atoms with Gasteiger partial charge in [-0.3, -0.25) is 9.78 Å². The van der Waals surface area contributed by atoms with E-state index < -0.39 is 23.8 Å². The number of pyridine rings is 1. The lowest BCUT2D eigenvalue weighted by Crippen LogP contribution is -2.38. The molecular weight excluding hydrogens is 467 g/mol. The molecule has 1 aliphatic heterocycles. The van der Waals surface area contributed by atoms with Crippen LogP contribution in [0, 0.1) is 11.7 Å². The molecule has 0 bridgehead atoms. The maximum atomic E-state index is 14.8. The van der Waals surface area contributed by atoms with Crippen molar-refractivity contribution in [2.24, 2.45) is 5.92 Å². The number of ether oxygens (including phenoxy) is 1. The molecule has 1 atom stereocenters. The zero-order valence-corrected chi connectivity index (χ0v) is 20.4. The molecule has 1 aromatic heterocycles. The van der Waals surface area contributed by atoms with Gasteiger partial charge in [0, 0.05) is 47.9 Å². The van der Waals surface area contributed by atoms with E-state index in [4.69, 9.17) is 4.74 Å². The maximum Gasteiger partial charge on any atom is 0.266 e. The molecule has 5 rings (SSSR count). The van der Waals surface area contributed by atoms with Gasteiger partial charge in [0.1, 0.15) is 11.6 Å². The molecule has 3 aromatic rings. The van der Waals surface area contributed by atoms with Crippen LogP contribution in [0.4, 0.5) is 18.9 Å². The van der Waals surface area contributed by atoms with Crippen LogP contribution in [0.3, 0.4) is 0 Å². The Morgan fingerprint density at radius 2 is 1.83 bits per heavy atom. The molecule has 2 fully saturated rings. The monoisotopic (exact) mass is 497 g/mol. The molecule has 8 heteroatoms. The zero-order chi connectivity index (χ0) is 25.4. The number of nitrogens with zero attached hydrogens (tertiary/aromatic N) is 2. The molecular formula is C28H30F3N3O2. The number of rotatable bonds is 7. The van der Waals surface area contributed by atoms with Crippen molar-refractivity contribution in [2.75, 3.05) is 25.5 Å². The lowest BCUT2D eigenvalue weighted by atomic mass is 9.87. The highest BCUT2D eigenvalue weighted by Gasteiger charge is 2.35. The van der Waals surface area contributed by atoms with Crippen molar-refractivity contribution in [2.45, 2.75) is 51.0 Å². The maximum absolute atomic E-state index is 14.8. The molecule has 0 radical (unpaired) electrons. The Bertz CT molecular complexity index is 1270. The average molecular weight is 498 g/mol. The van der Waals surface area contributed by atoms with Gasteiger partial charge in [0.05, 0.1) is 24.2 Å². The van der Waals surface area contributed by atoms with Gasteiger partial charge in [0.25, 0.3) is 6.43 Å². The van der Waals surface area contributed by atoms with Gasteiger partial charge >= 0.3 is 0 Å². The number of piperidine rings is 1. The fraction of sp³-hybridized carbons (Fsp3) is 0.429. The number of likely N-dealkylation sites (tertiary alicyclic amines) is 1. The van der Waals surface area contributed by atoms with Crippen molar-refractivity contribution < 1.29 is 22.7 Å². The number of halogens is 3.